The summed E-state index contributed by atoms with van der Waals surface area (Å²) in [4.78, 5) is 2.37. The Kier molecular flexibility index (Phi) is 7.11. The molecule has 0 fully saturated rings. The Labute approximate surface area is 148 Å². The van der Waals surface area contributed by atoms with Crippen LogP contribution in [-0.2, 0) is 6.42 Å². The van der Waals surface area contributed by atoms with Crippen LogP contribution < -0.4 is 4.90 Å². The third-order valence-corrected chi connectivity index (χ3v) is 4.79. The van der Waals surface area contributed by atoms with Crippen molar-refractivity contribution in [2.75, 3.05) is 18.0 Å². The highest BCUT2D eigenvalue weighted by Crippen LogP contribution is 2.24. The van der Waals surface area contributed by atoms with Crippen LogP contribution in [0.5, 0.6) is 0 Å². The topological polar surface area (TPSA) is 3.24 Å². The summed E-state index contributed by atoms with van der Waals surface area (Å²) < 4.78 is 0. The maximum absolute atomic E-state index is 2.37. The molecule has 0 aliphatic heterocycles. The van der Waals surface area contributed by atoms with Gasteiger partial charge in [-0.05, 0) is 61.4 Å². The molecule has 128 valence electrons. The Morgan fingerprint density at radius 3 is 2.21 bits per heavy atom. The molecule has 0 saturated carbocycles. The number of hydrogen-bond acceptors (Lipinski definition) is 1. The van der Waals surface area contributed by atoms with Gasteiger partial charge in [-0.1, -0.05) is 62.4 Å². The summed E-state index contributed by atoms with van der Waals surface area (Å²) in [6.07, 6.45) is 6.74. The molecule has 0 aromatic heterocycles. The van der Waals surface area contributed by atoms with E-state index in [9.17, 15) is 0 Å². The zero-order chi connectivity index (χ0) is 17.4. The van der Waals surface area contributed by atoms with Gasteiger partial charge < -0.3 is 4.90 Å². The van der Waals surface area contributed by atoms with E-state index in [0.29, 0.717) is 5.92 Å². The molecule has 0 saturated heterocycles. The predicted octanol–water partition coefficient (Wildman–Crippen LogP) is 6.30. The number of hydrogen-bond donors (Lipinski definition) is 0. The predicted molar refractivity (Wildman–Crippen MR) is 108 cm³/mol. The lowest BCUT2D eigenvalue weighted by atomic mass is 9.92. The van der Waals surface area contributed by atoms with Crippen LogP contribution in [0.2, 0.25) is 0 Å². The molecule has 0 bridgehead atoms. The molecular weight excluding hydrogens is 290 g/mol. The molecule has 0 radical (unpaired) electrons. The van der Waals surface area contributed by atoms with Crippen LogP contribution in [0.4, 0.5) is 5.69 Å². The summed E-state index contributed by atoms with van der Waals surface area (Å²) in [6, 6.07) is 17.7. The lowest BCUT2D eigenvalue weighted by molar-refractivity contribution is 0.769. The van der Waals surface area contributed by atoms with E-state index in [1.807, 2.05) is 0 Å². The van der Waals surface area contributed by atoms with E-state index in [1.165, 1.54) is 22.4 Å². The zero-order valence-electron chi connectivity index (χ0n) is 15.6. The van der Waals surface area contributed by atoms with Gasteiger partial charge in [0.2, 0.25) is 0 Å². The van der Waals surface area contributed by atoms with E-state index >= 15 is 0 Å². The summed E-state index contributed by atoms with van der Waals surface area (Å²) in [5.74, 6) is 0.562. The molecule has 1 unspecified atom stereocenters. The number of anilines is 1. The number of allylic oxidation sites excluding steroid dienone is 1. The average Bonchev–Trinajstić information content (AvgIpc) is 2.63. The van der Waals surface area contributed by atoms with E-state index in [1.54, 1.807) is 0 Å². The van der Waals surface area contributed by atoms with Gasteiger partial charge in [0.1, 0.15) is 0 Å². The minimum atomic E-state index is 0.562. The van der Waals surface area contributed by atoms with Gasteiger partial charge >= 0.3 is 0 Å². The van der Waals surface area contributed by atoms with Gasteiger partial charge in [-0.25, -0.2) is 0 Å². The first-order chi connectivity index (χ1) is 11.7. The Balaban J connectivity index is 1.98. The second kappa shape index (κ2) is 9.32. The molecule has 1 atom stereocenters. The number of benzene rings is 2. The molecular formula is C23H31N. The minimum Gasteiger partial charge on any atom is -0.372 e. The van der Waals surface area contributed by atoms with Crippen molar-refractivity contribution in [2.45, 2.75) is 46.5 Å². The van der Waals surface area contributed by atoms with E-state index in [4.69, 9.17) is 0 Å². The molecule has 0 aliphatic rings. The first kappa shape index (κ1) is 18.3. The third kappa shape index (κ3) is 4.74. The van der Waals surface area contributed by atoms with E-state index in [-0.39, 0.29) is 0 Å². The summed E-state index contributed by atoms with van der Waals surface area (Å²) >= 11 is 0. The van der Waals surface area contributed by atoms with Crippen molar-refractivity contribution in [3.63, 3.8) is 0 Å². The van der Waals surface area contributed by atoms with Gasteiger partial charge in [-0.15, -0.1) is 0 Å². The standard InChI is InChI=1S/C23H31N/c1-5-21-13-8-9-14-23(21)19(4)11-10-12-20-15-17-22(18-16-20)24(6-2)7-3/h8-10,12-19H,5-7,11H2,1-4H3/b12-10+. The fourth-order valence-electron chi connectivity index (χ4n) is 3.26. The number of nitrogens with zero attached hydrogens (tertiary/aromatic N) is 1. The molecule has 24 heavy (non-hydrogen) atoms. The third-order valence-electron chi connectivity index (χ3n) is 4.79. The van der Waals surface area contributed by atoms with Crippen LogP contribution >= 0.6 is 0 Å². The van der Waals surface area contributed by atoms with Gasteiger partial charge in [0.15, 0.2) is 0 Å². The molecule has 0 spiro atoms. The molecule has 2 aromatic carbocycles. The quantitative estimate of drug-likeness (QED) is 0.551. The molecule has 2 rings (SSSR count). The van der Waals surface area contributed by atoms with Crippen LogP contribution in [0.25, 0.3) is 6.08 Å². The Morgan fingerprint density at radius 2 is 1.58 bits per heavy atom. The Morgan fingerprint density at radius 1 is 0.917 bits per heavy atom. The van der Waals surface area contributed by atoms with Crippen LogP contribution in [0.15, 0.2) is 54.6 Å². The van der Waals surface area contributed by atoms with Crippen molar-refractivity contribution in [1.82, 2.24) is 0 Å². The van der Waals surface area contributed by atoms with Crippen molar-refractivity contribution in [2.24, 2.45) is 0 Å². The van der Waals surface area contributed by atoms with Crippen molar-refractivity contribution in [3.05, 3.63) is 71.3 Å². The lowest BCUT2D eigenvalue weighted by Crippen LogP contribution is -2.21. The summed E-state index contributed by atoms with van der Waals surface area (Å²) in [6.45, 7) is 11.1. The van der Waals surface area contributed by atoms with Crippen molar-refractivity contribution in [3.8, 4) is 0 Å². The van der Waals surface area contributed by atoms with Crippen LogP contribution in [0, 0.1) is 0 Å². The highest BCUT2D eigenvalue weighted by Gasteiger charge is 2.07. The van der Waals surface area contributed by atoms with Gasteiger partial charge in [-0.2, -0.15) is 0 Å². The summed E-state index contributed by atoms with van der Waals surface area (Å²) in [7, 11) is 0. The minimum absolute atomic E-state index is 0.562. The van der Waals surface area contributed by atoms with E-state index < -0.39 is 0 Å². The van der Waals surface area contributed by atoms with Crippen molar-refractivity contribution in [1.29, 1.82) is 0 Å². The van der Waals surface area contributed by atoms with Crippen LogP contribution in [0.3, 0.4) is 0 Å². The molecule has 2 aromatic rings. The van der Waals surface area contributed by atoms with Crippen LogP contribution in [0.1, 0.15) is 56.7 Å². The second-order valence-corrected chi connectivity index (χ2v) is 6.36. The molecule has 0 amide bonds. The number of aryl methyl sites for hydroxylation is 1. The average molecular weight is 322 g/mol. The first-order valence-corrected chi connectivity index (χ1v) is 9.28. The molecule has 1 heteroatoms. The highest BCUT2D eigenvalue weighted by molar-refractivity contribution is 5.56. The maximum Gasteiger partial charge on any atom is 0.0366 e. The fraction of sp³-hybridized carbons (Fsp3) is 0.391. The summed E-state index contributed by atoms with van der Waals surface area (Å²) in [5, 5.41) is 0. The lowest BCUT2D eigenvalue weighted by Gasteiger charge is -2.20. The van der Waals surface area contributed by atoms with E-state index in [0.717, 1.165) is 25.9 Å². The normalized spacial score (nSPS) is 12.5. The first-order valence-electron chi connectivity index (χ1n) is 9.28. The van der Waals surface area contributed by atoms with Gasteiger partial charge in [0, 0.05) is 18.8 Å². The molecule has 1 nitrogen and oxygen atoms in total. The van der Waals surface area contributed by atoms with Gasteiger partial charge in [0.25, 0.3) is 0 Å². The highest BCUT2D eigenvalue weighted by atomic mass is 15.1. The van der Waals surface area contributed by atoms with Crippen molar-refractivity contribution >= 4 is 11.8 Å². The molecule has 0 N–H and O–H groups in total. The Bertz CT molecular complexity index is 635. The second-order valence-electron chi connectivity index (χ2n) is 6.36. The van der Waals surface area contributed by atoms with Crippen molar-refractivity contribution < 1.29 is 0 Å². The van der Waals surface area contributed by atoms with Gasteiger partial charge in [0.05, 0.1) is 0 Å². The van der Waals surface area contributed by atoms with Gasteiger partial charge in [-0.3, -0.25) is 0 Å². The number of rotatable bonds is 8. The summed E-state index contributed by atoms with van der Waals surface area (Å²) in [5.41, 5.74) is 5.55. The van der Waals surface area contributed by atoms with Crippen LogP contribution in [-0.4, -0.2) is 13.1 Å². The smallest absolute Gasteiger partial charge is 0.0366 e. The zero-order valence-corrected chi connectivity index (χ0v) is 15.6. The molecule has 0 aliphatic carbocycles. The SMILES string of the molecule is CCc1ccccc1C(C)C/C=C/c1ccc(N(CC)CC)cc1. The largest absolute Gasteiger partial charge is 0.372 e. The fourth-order valence-corrected chi connectivity index (χ4v) is 3.26. The maximum atomic E-state index is 2.37. The van der Waals surface area contributed by atoms with E-state index in [2.05, 4.69) is 93.3 Å². The molecule has 0 heterocycles. The monoisotopic (exact) mass is 321 g/mol. The Hall–Kier alpha value is -2.02.